The van der Waals surface area contributed by atoms with Gasteiger partial charge in [0.15, 0.2) is 6.10 Å². The second-order valence-corrected chi connectivity index (χ2v) is 3.39. The van der Waals surface area contributed by atoms with Gasteiger partial charge < -0.3 is 9.47 Å². The Morgan fingerprint density at radius 2 is 1.94 bits per heavy atom. The summed E-state index contributed by atoms with van der Waals surface area (Å²) in [6.07, 6.45) is -0.756. The molecule has 4 nitrogen and oxygen atoms in total. The maximum atomic E-state index is 11.1. The number of carbonyl (C=O) groups is 2. The Hall–Kier alpha value is -2.28. The maximum Gasteiger partial charge on any atom is 0.384 e. The van der Waals surface area contributed by atoms with Gasteiger partial charge in [-0.25, -0.2) is 4.79 Å². The summed E-state index contributed by atoms with van der Waals surface area (Å²) in [6.45, 7) is 3.25. The fraction of sp³-hybridized carbons (Fsp3) is 0.286. The summed E-state index contributed by atoms with van der Waals surface area (Å²) in [5.41, 5.74) is 0.712. The van der Waals surface area contributed by atoms with E-state index in [1.54, 1.807) is 31.2 Å². The first kappa shape index (κ1) is 13.8. The molecule has 4 heteroatoms. The van der Waals surface area contributed by atoms with E-state index in [-0.39, 0.29) is 6.61 Å². The van der Waals surface area contributed by atoms with Gasteiger partial charge in [0, 0.05) is 18.4 Å². The topological polar surface area (TPSA) is 52.6 Å². The average molecular weight is 246 g/mol. The zero-order valence-corrected chi connectivity index (χ0v) is 10.3. The Kier molecular flexibility index (Phi) is 5.46. The van der Waals surface area contributed by atoms with Crippen molar-refractivity contribution >= 4 is 11.9 Å². The van der Waals surface area contributed by atoms with Crippen LogP contribution in [0.3, 0.4) is 0 Å². The van der Waals surface area contributed by atoms with Crippen LogP contribution >= 0.6 is 0 Å². The summed E-state index contributed by atoms with van der Waals surface area (Å²) in [5.74, 6) is 3.79. The van der Waals surface area contributed by atoms with Crippen LogP contribution in [0.15, 0.2) is 30.3 Å². The molecule has 0 aromatic heterocycles. The molecule has 1 unspecified atom stereocenters. The number of hydrogen-bond donors (Lipinski definition) is 0. The lowest BCUT2D eigenvalue weighted by Gasteiger charge is -2.10. The second-order valence-electron chi connectivity index (χ2n) is 3.39. The molecule has 0 saturated heterocycles. The maximum absolute atomic E-state index is 11.1. The summed E-state index contributed by atoms with van der Waals surface area (Å²) in [4.78, 5) is 22.1. The summed E-state index contributed by atoms with van der Waals surface area (Å²) in [5, 5.41) is 0. The van der Waals surface area contributed by atoms with Crippen molar-refractivity contribution in [3.8, 4) is 11.8 Å². The molecule has 0 saturated carbocycles. The molecule has 0 spiro atoms. The predicted molar refractivity (Wildman–Crippen MR) is 65.4 cm³/mol. The van der Waals surface area contributed by atoms with Crippen LogP contribution in [0.5, 0.6) is 0 Å². The van der Waals surface area contributed by atoms with Crippen molar-refractivity contribution in [1.82, 2.24) is 0 Å². The lowest BCUT2D eigenvalue weighted by atomic mass is 10.1. The van der Waals surface area contributed by atoms with Crippen LogP contribution in [0.25, 0.3) is 0 Å². The molecule has 1 aromatic rings. The smallest absolute Gasteiger partial charge is 0.384 e. The van der Waals surface area contributed by atoms with Crippen molar-refractivity contribution in [1.29, 1.82) is 0 Å². The highest BCUT2D eigenvalue weighted by molar-refractivity contribution is 5.88. The van der Waals surface area contributed by atoms with E-state index in [4.69, 9.17) is 4.74 Å². The minimum atomic E-state index is -0.756. The fourth-order valence-electron chi connectivity index (χ4n) is 1.27. The molecular formula is C14H14O4. The lowest BCUT2D eigenvalue weighted by Crippen LogP contribution is -2.08. The number of hydrogen-bond acceptors (Lipinski definition) is 4. The lowest BCUT2D eigenvalue weighted by molar-refractivity contribution is -0.144. The van der Waals surface area contributed by atoms with Gasteiger partial charge in [0.1, 0.15) is 0 Å². The van der Waals surface area contributed by atoms with Crippen molar-refractivity contribution in [3.05, 3.63) is 35.9 Å². The van der Waals surface area contributed by atoms with Gasteiger partial charge in [0.2, 0.25) is 0 Å². The fourth-order valence-corrected chi connectivity index (χ4v) is 1.27. The van der Waals surface area contributed by atoms with E-state index in [0.29, 0.717) is 5.56 Å². The molecule has 0 amide bonds. The molecule has 0 bridgehead atoms. The Labute approximate surface area is 106 Å². The Bertz CT molecular complexity index is 468. The summed E-state index contributed by atoms with van der Waals surface area (Å²) >= 11 is 0. The van der Waals surface area contributed by atoms with Crippen LogP contribution in [0.1, 0.15) is 25.5 Å². The monoisotopic (exact) mass is 246 g/mol. The van der Waals surface area contributed by atoms with Crippen LogP contribution in [0.2, 0.25) is 0 Å². The summed E-state index contributed by atoms with van der Waals surface area (Å²) < 4.78 is 9.72. The van der Waals surface area contributed by atoms with Gasteiger partial charge in [-0.2, -0.15) is 0 Å². The van der Waals surface area contributed by atoms with Crippen LogP contribution in [0, 0.1) is 11.8 Å². The third-order valence-corrected chi connectivity index (χ3v) is 1.97. The third-order valence-electron chi connectivity index (χ3n) is 1.97. The molecule has 18 heavy (non-hydrogen) atoms. The Morgan fingerprint density at radius 1 is 1.28 bits per heavy atom. The zero-order valence-electron chi connectivity index (χ0n) is 10.3. The van der Waals surface area contributed by atoms with Crippen molar-refractivity contribution in [2.24, 2.45) is 0 Å². The van der Waals surface area contributed by atoms with Crippen LogP contribution in [-0.4, -0.2) is 18.5 Å². The van der Waals surface area contributed by atoms with Gasteiger partial charge in [-0.15, -0.1) is 0 Å². The Balaban J connectivity index is 2.86. The van der Waals surface area contributed by atoms with Gasteiger partial charge in [-0.1, -0.05) is 30.3 Å². The molecule has 1 rings (SSSR count). The predicted octanol–water partition coefficient (Wildman–Crippen LogP) is 1.86. The first-order chi connectivity index (χ1) is 8.63. The molecule has 0 aliphatic carbocycles. The first-order valence-corrected chi connectivity index (χ1v) is 5.54. The normalized spacial score (nSPS) is 10.8. The van der Waals surface area contributed by atoms with Crippen LogP contribution < -0.4 is 0 Å². The van der Waals surface area contributed by atoms with E-state index in [0.717, 1.165) is 0 Å². The summed E-state index contributed by atoms with van der Waals surface area (Å²) in [6, 6.07) is 8.99. The standard InChI is InChI=1S/C14H14O4/c1-3-17-14(16)10-9-13(18-11(2)15)12-7-5-4-6-8-12/h4-8,13H,3H2,1-2H3. The van der Waals surface area contributed by atoms with E-state index >= 15 is 0 Å². The number of rotatable bonds is 3. The van der Waals surface area contributed by atoms with Gasteiger partial charge >= 0.3 is 11.9 Å². The quantitative estimate of drug-likeness (QED) is 0.464. The SMILES string of the molecule is CCOC(=O)C#CC(OC(C)=O)c1ccccc1. The molecule has 1 atom stereocenters. The number of esters is 2. The average Bonchev–Trinajstić information content (AvgIpc) is 2.35. The van der Waals surface area contributed by atoms with Gasteiger partial charge in [-0.05, 0) is 12.8 Å². The number of carbonyl (C=O) groups excluding carboxylic acids is 2. The molecule has 0 fully saturated rings. The van der Waals surface area contributed by atoms with Gasteiger partial charge in [-0.3, -0.25) is 4.79 Å². The second kappa shape index (κ2) is 7.13. The van der Waals surface area contributed by atoms with E-state index in [1.807, 2.05) is 6.07 Å². The first-order valence-electron chi connectivity index (χ1n) is 5.54. The van der Waals surface area contributed by atoms with Crippen molar-refractivity contribution in [2.45, 2.75) is 20.0 Å². The highest BCUT2D eigenvalue weighted by Gasteiger charge is 2.11. The molecule has 0 aliphatic heterocycles. The molecule has 94 valence electrons. The van der Waals surface area contributed by atoms with Gasteiger partial charge in [0.05, 0.1) is 6.61 Å². The van der Waals surface area contributed by atoms with E-state index < -0.39 is 18.0 Å². The van der Waals surface area contributed by atoms with Crippen molar-refractivity contribution in [2.75, 3.05) is 6.61 Å². The Morgan fingerprint density at radius 3 is 2.50 bits per heavy atom. The molecular weight excluding hydrogens is 232 g/mol. The zero-order chi connectivity index (χ0) is 13.4. The molecule has 0 N–H and O–H groups in total. The van der Waals surface area contributed by atoms with Crippen molar-refractivity contribution < 1.29 is 19.1 Å². The molecule has 0 aliphatic rings. The molecule has 1 aromatic carbocycles. The molecule has 0 heterocycles. The third kappa shape index (κ3) is 4.71. The van der Waals surface area contributed by atoms with E-state index in [1.165, 1.54) is 6.92 Å². The van der Waals surface area contributed by atoms with E-state index in [2.05, 4.69) is 16.6 Å². The highest BCUT2D eigenvalue weighted by Crippen LogP contribution is 2.16. The van der Waals surface area contributed by atoms with Crippen molar-refractivity contribution in [3.63, 3.8) is 0 Å². The number of benzene rings is 1. The van der Waals surface area contributed by atoms with E-state index in [9.17, 15) is 9.59 Å². The molecule has 0 radical (unpaired) electrons. The highest BCUT2D eigenvalue weighted by atomic mass is 16.5. The largest absolute Gasteiger partial charge is 0.456 e. The van der Waals surface area contributed by atoms with Gasteiger partial charge in [0.25, 0.3) is 0 Å². The minimum absolute atomic E-state index is 0.261. The minimum Gasteiger partial charge on any atom is -0.456 e. The summed E-state index contributed by atoms with van der Waals surface area (Å²) in [7, 11) is 0. The number of ether oxygens (including phenoxy) is 2. The van der Waals surface area contributed by atoms with Crippen LogP contribution in [0.4, 0.5) is 0 Å². The van der Waals surface area contributed by atoms with Crippen LogP contribution in [-0.2, 0) is 19.1 Å².